The molecule has 102 valence electrons. The van der Waals surface area contributed by atoms with Crippen molar-refractivity contribution in [1.82, 2.24) is 0 Å². The molecule has 0 saturated heterocycles. The van der Waals surface area contributed by atoms with Crippen molar-refractivity contribution in [3.8, 4) is 35.5 Å². The molecule has 3 heteroatoms. The van der Waals surface area contributed by atoms with Gasteiger partial charge in [-0.05, 0) is 36.0 Å². The molecular formula is C18H12O3. The highest BCUT2D eigenvalue weighted by atomic mass is 16.1. The molecule has 0 amide bonds. The summed E-state index contributed by atoms with van der Waals surface area (Å²) in [5.74, 6) is 14.6. The quantitative estimate of drug-likeness (QED) is 0.675. The molecule has 0 aliphatic heterocycles. The SMILES string of the molecule is CC(=O)C#Cc1cc(C#CC(C)=O)cc(C#CC(C)=O)c1. The molecule has 0 unspecified atom stereocenters. The fourth-order valence-electron chi connectivity index (χ4n) is 1.32. The molecule has 0 radical (unpaired) electrons. The predicted octanol–water partition coefficient (Wildman–Crippen LogP) is 1.51. The Hall–Kier alpha value is -3.09. The monoisotopic (exact) mass is 276 g/mol. The van der Waals surface area contributed by atoms with Crippen LogP contribution in [-0.4, -0.2) is 17.3 Å². The third-order valence-corrected chi connectivity index (χ3v) is 2.08. The van der Waals surface area contributed by atoms with E-state index in [1.807, 2.05) is 0 Å². The van der Waals surface area contributed by atoms with E-state index in [-0.39, 0.29) is 17.3 Å². The van der Waals surface area contributed by atoms with Gasteiger partial charge in [0.05, 0.1) is 0 Å². The number of Topliss-reactive ketones (excluding diaryl/α,β-unsaturated/α-hetero) is 3. The minimum atomic E-state index is -0.258. The van der Waals surface area contributed by atoms with Crippen LogP contribution in [0, 0.1) is 35.5 Å². The summed E-state index contributed by atoms with van der Waals surface area (Å²) in [6, 6.07) is 4.97. The molecule has 0 aliphatic rings. The van der Waals surface area contributed by atoms with Gasteiger partial charge in [-0.25, -0.2) is 0 Å². The summed E-state index contributed by atoms with van der Waals surface area (Å²) in [5.41, 5.74) is 1.65. The molecule has 1 aromatic rings. The van der Waals surface area contributed by atoms with Crippen LogP contribution in [0.5, 0.6) is 0 Å². The first-order chi connectivity index (χ1) is 9.86. The summed E-state index contributed by atoms with van der Waals surface area (Å²) in [4.78, 5) is 32.7. The maximum Gasteiger partial charge on any atom is 0.202 e. The summed E-state index contributed by atoms with van der Waals surface area (Å²) in [6.45, 7) is 4.09. The smallest absolute Gasteiger partial charge is 0.202 e. The molecule has 0 aromatic heterocycles. The molecule has 1 rings (SSSR count). The highest BCUT2D eigenvalue weighted by molar-refractivity contribution is 5.95. The zero-order valence-electron chi connectivity index (χ0n) is 12.0. The van der Waals surface area contributed by atoms with Gasteiger partial charge in [0.2, 0.25) is 17.3 Å². The Morgan fingerprint density at radius 2 is 0.857 bits per heavy atom. The van der Waals surface area contributed by atoms with Gasteiger partial charge in [0.1, 0.15) is 0 Å². The van der Waals surface area contributed by atoms with Crippen LogP contribution in [-0.2, 0) is 14.4 Å². The highest BCUT2D eigenvalue weighted by Crippen LogP contribution is 2.08. The van der Waals surface area contributed by atoms with E-state index in [4.69, 9.17) is 0 Å². The van der Waals surface area contributed by atoms with Crippen molar-refractivity contribution in [2.45, 2.75) is 20.8 Å². The first-order valence-electron chi connectivity index (χ1n) is 6.09. The molecule has 0 fully saturated rings. The van der Waals surface area contributed by atoms with Gasteiger partial charge in [-0.1, -0.05) is 17.8 Å². The molecule has 21 heavy (non-hydrogen) atoms. The molecule has 0 N–H and O–H groups in total. The Morgan fingerprint density at radius 3 is 1.05 bits per heavy atom. The summed E-state index contributed by atoms with van der Waals surface area (Å²) >= 11 is 0. The van der Waals surface area contributed by atoms with Crippen LogP contribution < -0.4 is 0 Å². The van der Waals surface area contributed by atoms with Gasteiger partial charge >= 0.3 is 0 Å². The topological polar surface area (TPSA) is 51.2 Å². The van der Waals surface area contributed by atoms with Gasteiger partial charge in [0.15, 0.2) is 0 Å². The fraction of sp³-hybridized carbons (Fsp3) is 0.167. The number of hydrogen-bond donors (Lipinski definition) is 0. The number of carbonyl (C=O) groups excluding carboxylic acids is 3. The Morgan fingerprint density at radius 1 is 0.619 bits per heavy atom. The molecule has 1 aromatic carbocycles. The van der Waals surface area contributed by atoms with Crippen molar-refractivity contribution < 1.29 is 14.4 Å². The second-order valence-corrected chi connectivity index (χ2v) is 4.22. The van der Waals surface area contributed by atoms with E-state index >= 15 is 0 Å². The zero-order valence-corrected chi connectivity index (χ0v) is 12.0. The van der Waals surface area contributed by atoms with Gasteiger partial charge in [0, 0.05) is 37.5 Å². The van der Waals surface area contributed by atoms with Crippen LogP contribution in [0.2, 0.25) is 0 Å². The average molecular weight is 276 g/mol. The van der Waals surface area contributed by atoms with Crippen LogP contribution in [0.25, 0.3) is 0 Å². The molecule has 0 bridgehead atoms. The van der Waals surface area contributed by atoms with Crippen LogP contribution in [0.15, 0.2) is 18.2 Å². The average Bonchev–Trinajstić information content (AvgIpc) is 2.40. The molecule has 3 nitrogen and oxygen atoms in total. The van der Waals surface area contributed by atoms with Crippen LogP contribution in [0.4, 0.5) is 0 Å². The molecule has 0 saturated carbocycles. The summed E-state index contributed by atoms with van der Waals surface area (Å²) in [7, 11) is 0. The standard InChI is InChI=1S/C18H12O3/c1-13(19)4-7-16-10-17(8-5-14(2)20)12-18(11-16)9-6-15(3)21/h10-12H,1-3H3. The lowest BCUT2D eigenvalue weighted by molar-refractivity contribution is -0.112. The lowest BCUT2D eigenvalue weighted by Crippen LogP contribution is -1.88. The van der Waals surface area contributed by atoms with E-state index in [0.717, 1.165) is 0 Å². The van der Waals surface area contributed by atoms with Crippen molar-refractivity contribution in [3.63, 3.8) is 0 Å². The van der Waals surface area contributed by atoms with E-state index in [1.165, 1.54) is 20.8 Å². The number of ketones is 3. The zero-order chi connectivity index (χ0) is 15.8. The Kier molecular flexibility index (Phi) is 5.69. The molecule has 0 aliphatic carbocycles. The highest BCUT2D eigenvalue weighted by Gasteiger charge is 1.97. The first-order valence-corrected chi connectivity index (χ1v) is 6.09. The first kappa shape index (κ1) is 16.0. The van der Waals surface area contributed by atoms with E-state index in [1.54, 1.807) is 18.2 Å². The largest absolute Gasteiger partial charge is 0.285 e. The van der Waals surface area contributed by atoms with Crippen molar-refractivity contribution in [2.24, 2.45) is 0 Å². The van der Waals surface area contributed by atoms with E-state index in [2.05, 4.69) is 35.5 Å². The van der Waals surface area contributed by atoms with Crippen molar-refractivity contribution in [1.29, 1.82) is 0 Å². The maximum absolute atomic E-state index is 10.9. The molecule has 0 spiro atoms. The summed E-state index contributed by atoms with van der Waals surface area (Å²) in [6.07, 6.45) is 0. The van der Waals surface area contributed by atoms with Gasteiger partial charge in [-0.15, -0.1) is 0 Å². The van der Waals surface area contributed by atoms with Crippen LogP contribution in [0.1, 0.15) is 37.5 Å². The van der Waals surface area contributed by atoms with Gasteiger partial charge in [-0.2, -0.15) is 0 Å². The van der Waals surface area contributed by atoms with Crippen molar-refractivity contribution in [3.05, 3.63) is 34.9 Å². The predicted molar refractivity (Wildman–Crippen MR) is 79.1 cm³/mol. The lowest BCUT2D eigenvalue weighted by Gasteiger charge is -1.96. The van der Waals surface area contributed by atoms with Gasteiger partial charge in [0.25, 0.3) is 0 Å². The minimum absolute atomic E-state index is 0.258. The Labute approximate surface area is 123 Å². The van der Waals surface area contributed by atoms with E-state index in [9.17, 15) is 14.4 Å². The van der Waals surface area contributed by atoms with Crippen LogP contribution in [0.3, 0.4) is 0 Å². The minimum Gasteiger partial charge on any atom is -0.285 e. The fourth-order valence-corrected chi connectivity index (χ4v) is 1.32. The Bertz CT molecular complexity index is 672. The maximum atomic E-state index is 10.9. The van der Waals surface area contributed by atoms with Crippen molar-refractivity contribution in [2.75, 3.05) is 0 Å². The molecule has 0 atom stereocenters. The third kappa shape index (κ3) is 6.58. The van der Waals surface area contributed by atoms with Crippen molar-refractivity contribution >= 4 is 17.3 Å². The van der Waals surface area contributed by atoms with Gasteiger partial charge in [-0.3, -0.25) is 14.4 Å². The second-order valence-electron chi connectivity index (χ2n) is 4.22. The Balaban J connectivity index is 3.35. The third-order valence-electron chi connectivity index (χ3n) is 2.08. The number of hydrogen-bond acceptors (Lipinski definition) is 3. The molecular weight excluding hydrogens is 264 g/mol. The van der Waals surface area contributed by atoms with E-state index < -0.39 is 0 Å². The normalized spacial score (nSPS) is 8.14. The summed E-state index contributed by atoms with van der Waals surface area (Å²) in [5, 5.41) is 0. The number of benzene rings is 1. The van der Waals surface area contributed by atoms with E-state index in [0.29, 0.717) is 16.7 Å². The number of carbonyl (C=O) groups is 3. The second kappa shape index (κ2) is 7.49. The lowest BCUT2D eigenvalue weighted by atomic mass is 10.1. The van der Waals surface area contributed by atoms with Gasteiger partial charge < -0.3 is 0 Å². The number of rotatable bonds is 0. The molecule has 0 heterocycles. The van der Waals surface area contributed by atoms with Crippen LogP contribution >= 0.6 is 0 Å². The summed E-state index contributed by atoms with van der Waals surface area (Å²) < 4.78 is 0.